The summed E-state index contributed by atoms with van der Waals surface area (Å²) >= 11 is 0. The molecular formula is C9H10FN3O3. The van der Waals surface area contributed by atoms with Crippen molar-refractivity contribution in [1.29, 1.82) is 0 Å². The first kappa shape index (κ1) is 11.9. The molecule has 0 saturated heterocycles. The summed E-state index contributed by atoms with van der Waals surface area (Å²) in [5, 5.41) is 15.5. The summed E-state index contributed by atoms with van der Waals surface area (Å²) in [6.45, 7) is -0.108. The van der Waals surface area contributed by atoms with Gasteiger partial charge in [0, 0.05) is 7.05 Å². The number of nitrogens with one attached hydrogen (secondary N) is 2. The van der Waals surface area contributed by atoms with Crippen molar-refractivity contribution < 1.29 is 14.1 Å². The number of anilines is 1. The van der Waals surface area contributed by atoms with Crippen LogP contribution in [0.1, 0.15) is 0 Å². The van der Waals surface area contributed by atoms with Gasteiger partial charge >= 0.3 is 0 Å². The summed E-state index contributed by atoms with van der Waals surface area (Å²) < 4.78 is 12.8. The van der Waals surface area contributed by atoms with Gasteiger partial charge in [-0.25, -0.2) is 4.39 Å². The van der Waals surface area contributed by atoms with Crippen molar-refractivity contribution in [1.82, 2.24) is 5.32 Å². The Bertz CT molecular complexity index is 422. The number of nitro groups is 1. The molecule has 0 spiro atoms. The second kappa shape index (κ2) is 5.06. The van der Waals surface area contributed by atoms with Crippen LogP contribution >= 0.6 is 0 Å². The van der Waals surface area contributed by atoms with Crippen molar-refractivity contribution in [3.05, 3.63) is 34.1 Å². The summed E-state index contributed by atoms with van der Waals surface area (Å²) in [4.78, 5) is 20.8. The van der Waals surface area contributed by atoms with Gasteiger partial charge in [0.2, 0.25) is 5.91 Å². The predicted octanol–water partition coefficient (Wildman–Crippen LogP) is 0.892. The molecule has 0 aliphatic rings. The van der Waals surface area contributed by atoms with Crippen LogP contribution in [0.3, 0.4) is 0 Å². The lowest BCUT2D eigenvalue weighted by atomic mass is 10.2. The minimum atomic E-state index is -0.713. The minimum Gasteiger partial charge on any atom is -0.371 e. The van der Waals surface area contributed by atoms with Crippen LogP contribution in [0.5, 0.6) is 0 Å². The average Bonchev–Trinajstić information content (AvgIpc) is 2.26. The van der Waals surface area contributed by atoms with Crippen molar-refractivity contribution in [2.75, 3.05) is 18.9 Å². The Morgan fingerprint density at radius 2 is 2.25 bits per heavy atom. The Labute approximate surface area is 90.6 Å². The number of hydrogen-bond donors (Lipinski definition) is 2. The van der Waals surface area contributed by atoms with E-state index in [0.717, 1.165) is 12.1 Å². The van der Waals surface area contributed by atoms with Gasteiger partial charge in [-0.05, 0) is 12.1 Å². The maximum atomic E-state index is 12.8. The van der Waals surface area contributed by atoms with E-state index in [4.69, 9.17) is 0 Å². The van der Waals surface area contributed by atoms with Crippen LogP contribution in [-0.2, 0) is 4.79 Å². The van der Waals surface area contributed by atoms with E-state index in [1.807, 2.05) is 0 Å². The number of halogens is 1. The molecular weight excluding hydrogens is 217 g/mol. The fourth-order valence-electron chi connectivity index (χ4n) is 1.07. The lowest BCUT2D eigenvalue weighted by molar-refractivity contribution is -0.384. The first-order valence-electron chi connectivity index (χ1n) is 4.43. The van der Waals surface area contributed by atoms with E-state index < -0.39 is 16.4 Å². The average molecular weight is 227 g/mol. The van der Waals surface area contributed by atoms with Crippen molar-refractivity contribution in [3.63, 3.8) is 0 Å². The Hall–Kier alpha value is -2.18. The predicted molar refractivity (Wildman–Crippen MR) is 55.6 cm³/mol. The van der Waals surface area contributed by atoms with Gasteiger partial charge in [0.15, 0.2) is 0 Å². The van der Waals surface area contributed by atoms with Crippen molar-refractivity contribution >= 4 is 17.3 Å². The standard InChI is InChI=1S/C9H10FN3O3/c1-11-9(14)5-12-7-3-2-6(10)4-8(7)13(15)16/h2-4,12H,5H2,1H3,(H,11,14). The van der Waals surface area contributed by atoms with Crippen LogP contribution in [0, 0.1) is 15.9 Å². The zero-order valence-corrected chi connectivity index (χ0v) is 8.49. The second-order valence-corrected chi connectivity index (χ2v) is 2.95. The molecule has 0 aromatic heterocycles. The van der Waals surface area contributed by atoms with E-state index in [-0.39, 0.29) is 18.1 Å². The van der Waals surface area contributed by atoms with Crippen LogP contribution in [-0.4, -0.2) is 24.4 Å². The normalized spacial score (nSPS) is 9.62. The third kappa shape index (κ3) is 2.91. The van der Waals surface area contributed by atoms with E-state index in [1.54, 1.807) is 0 Å². The number of rotatable bonds is 4. The lowest BCUT2D eigenvalue weighted by Gasteiger charge is -2.05. The Morgan fingerprint density at radius 3 is 2.81 bits per heavy atom. The molecule has 0 saturated carbocycles. The fraction of sp³-hybridized carbons (Fsp3) is 0.222. The molecule has 1 aromatic carbocycles. The Morgan fingerprint density at radius 1 is 1.56 bits per heavy atom. The molecule has 16 heavy (non-hydrogen) atoms. The zero-order valence-electron chi connectivity index (χ0n) is 8.49. The van der Waals surface area contributed by atoms with Crippen LogP contribution in [0.15, 0.2) is 18.2 Å². The van der Waals surface area contributed by atoms with E-state index in [2.05, 4.69) is 10.6 Å². The number of benzene rings is 1. The summed E-state index contributed by atoms with van der Waals surface area (Å²) in [5.74, 6) is -1.02. The highest BCUT2D eigenvalue weighted by Gasteiger charge is 2.14. The molecule has 0 aliphatic heterocycles. The molecule has 1 rings (SSSR count). The summed E-state index contributed by atoms with van der Waals surface area (Å²) in [6, 6.07) is 3.10. The van der Waals surface area contributed by atoms with Crippen molar-refractivity contribution in [2.24, 2.45) is 0 Å². The fourth-order valence-corrected chi connectivity index (χ4v) is 1.07. The maximum Gasteiger partial charge on any atom is 0.295 e. The molecule has 0 aliphatic carbocycles. The lowest BCUT2D eigenvalue weighted by Crippen LogP contribution is -2.26. The molecule has 0 radical (unpaired) electrons. The number of nitro benzene ring substituents is 1. The van der Waals surface area contributed by atoms with Crippen LogP contribution in [0.2, 0.25) is 0 Å². The van der Waals surface area contributed by atoms with Gasteiger partial charge in [-0.15, -0.1) is 0 Å². The highest BCUT2D eigenvalue weighted by molar-refractivity contribution is 5.81. The first-order valence-corrected chi connectivity index (χ1v) is 4.43. The molecule has 0 bridgehead atoms. The summed E-state index contributed by atoms with van der Waals surface area (Å²) in [6.07, 6.45) is 0. The Balaban J connectivity index is 2.87. The van der Waals surface area contributed by atoms with E-state index in [0.29, 0.717) is 0 Å². The van der Waals surface area contributed by atoms with Gasteiger partial charge in [0.25, 0.3) is 5.69 Å². The van der Waals surface area contributed by atoms with Gasteiger partial charge in [0.05, 0.1) is 17.5 Å². The smallest absolute Gasteiger partial charge is 0.295 e. The van der Waals surface area contributed by atoms with Gasteiger partial charge in [-0.2, -0.15) is 0 Å². The number of likely N-dealkylation sites (N-methyl/N-ethyl adjacent to an activating group) is 1. The van der Waals surface area contributed by atoms with Gasteiger partial charge in [-0.3, -0.25) is 14.9 Å². The summed E-state index contributed by atoms with van der Waals surface area (Å²) in [5.41, 5.74) is -0.293. The van der Waals surface area contributed by atoms with Gasteiger partial charge < -0.3 is 10.6 Å². The van der Waals surface area contributed by atoms with E-state index in [9.17, 15) is 19.3 Å². The third-order valence-corrected chi connectivity index (χ3v) is 1.87. The molecule has 0 unspecified atom stereocenters. The largest absolute Gasteiger partial charge is 0.371 e. The highest BCUT2D eigenvalue weighted by Crippen LogP contribution is 2.24. The van der Waals surface area contributed by atoms with Crippen molar-refractivity contribution in [3.8, 4) is 0 Å². The minimum absolute atomic E-state index is 0.106. The van der Waals surface area contributed by atoms with Gasteiger partial charge in [0.1, 0.15) is 11.5 Å². The van der Waals surface area contributed by atoms with Crippen LogP contribution in [0.4, 0.5) is 15.8 Å². The Kier molecular flexibility index (Phi) is 3.76. The molecule has 1 amide bonds. The molecule has 7 heteroatoms. The molecule has 0 atom stereocenters. The second-order valence-electron chi connectivity index (χ2n) is 2.95. The van der Waals surface area contributed by atoms with E-state index >= 15 is 0 Å². The highest BCUT2D eigenvalue weighted by atomic mass is 19.1. The molecule has 0 heterocycles. The number of carbonyl (C=O) groups is 1. The monoisotopic (exact) mass is 227 g/mol. The SMILES string of the molecule is CNC(=O)CNc1ccc(F)cc1[N+](=O)[O-]. The quantitative estimate of drug-likeness (QED) is 0.591. The first-order chi connectivity index (χ1) is 7.54. The van der Waals surface area contributed by atoms with Crippen molar-refractivity contribution in [2.45, 2.75) is 0 Å². The number of hydrogen-bond acceptors (Lipinski definition) is 4. The summed E-state index contributed by atoms with van der Waals surface area (Å²) in [7, 11) is 1.45. The molecule has 1 aromatic rings. The number of amides is 1. The number of carbonyl (C=O) groups excluding carboxylic acids is 1. The molecule has 2 N–H and O–H groups in total. The molecule has 86 valence electrons. The third-order valence-electron chi connectivity index (χ3n) is 1.87. The van der Waals surface area contributed by atoms with Gasteiger partial charge in [-0.1, -0.05) is 0 Å². The number of nitrogens with zero attached hydrogens (tertiary/aromatic N) is 1. The van der Waals surface area contributed by atoms with Crippen LogP contribution < -0.4 is 10.6 Å². The topological polar surface area (TPSA) is 84.3 Å². The zero-order chi connectivity index (χ0) is 12.1. The molecule has 0 fully saturated rings. The molecule has 6 nitrogen and oxygen atoms in total. The van der Waals surface area contributed by atoms with E-state index in [1.165, 1.54) is 13.1 Å². The van der Waals surface area contributed by atoms with Crippen LogP contribution in [0.25, 0.3) is 0 Å². The maximum absolute atomic E-state index is 12.8.